The van der Waals surface area contributed by atoms with Crippen LogP contribution in [-0.4, -0.2) is 17.2 Å². The van der Waals surface area contributed by atoms with Crippen molar-refractivity contribution in [1.29, 1.82) is 0 Å². The number of alkyl halides is 3. The summed E-state index contributed by atoms with van der Waals surface area (Å²) >= 11 is 0. The lowest BCUT2D eigenvalue weighted by Crippen LogP contribution is -2.19. The molecule has 0 aliphatic rings. The van der Waals surface area contributed by atoms with Gasteiger partial charge in [0.2, 0.25) is 5.91 Å². The van der Waals surface area contributed by atoms with Crippen LogP contribution in [0.3, 0.4) is 0 Å². The van der Waals surface area contributed by atoms with Gasteiger partial charge in [-0.3, -0.25) is 4.79 Å². The molecule has 0 spiro atoms. The van der Waals surface area contributed by atoms with Gasteiger partial charge in [-0.2, -0.15) is 18.3 Å². The molecule has 23 heavy (non-hydrogen) atoms. The fourth-order valence-corrected chi connectivity index (χ4v) is 1.83. The second-order valence-corrected chi connectivity index (χ2v) is 4.76. The normalized spacial score (nSPS) is 11.6. The second kappa shape index (κ2) is 6.95. The standard InChI is InChI=1S/C16H13F3N2O2/c17-16(18,19)13-6-4-11(5-7-13)10-20-21-15(23)9-12-2-1-3-14(22)8-12/h1-8,10,22H,9H2,(H,21,23)/b20-10+. The summed E-state index contributed by atoms with van der Waals surface area (Å²) in [4.78, 5) is 11.6. The fourth-order valence-electron chi connectivity index (χ4n) is 1.83. The number of carbonyl (C=O) groups is 1. The van der Waals surface area contributed by atoms with Gasteiger partial charge in [0, 0.05) is 0 Å². The minimum atomic E-state index is -4.38. The molecule has 2 N–H and O–H groups in total. The Balaban J connectivity index is 1.90. The molecule has 0 atom stereocenters. The van der Waals surface area contributed by atoms with Crippen molar-refractivity contribution >= 4 is 12.1 Å². The molecule has 0 heterocycles. The van der Waals surface area contributed by atoms with E-state index in [9.17, 15) is 23.1 Å². The largest absolute Gasteiger partial charge is 0.508 e. The molecule has 0 aromatic heterocycles. The first-order valence-electron chi connectivity index (χ1n) is 6.61. The molecule has 2 aromatic rings. The van der Waals surface area contributed by atoms with E-state index in [1.54, 1.807) is 12.1 Å². The average Bonchev–Trinajstić information content (AvgIpc) is 2.47. The summed E-state index contributed by atoms with van der Waals surface area (Å²) in [5, 5.41) is 13.0. The number of hydrogen-bond donors (Lipinski definition) is 2. The summed E-state index contributed by atoms with van der Waals surface area (Å²) in [5.74, 6) is -0.345. The molecule has 0 radical (unpaired) electrons. The smallest absolute Gasteiger partial charge is 0.416 e. The molecule has 1 amide bonds. The Morgan fingerprint density at radius 2 is 1.87 bits per heavy atom. The van der Waals surface area contributed by atoms with E-state index in [0.717, 1.165) is 12.1 Å². The van der Waals surface area contributed by atoms with Crippen molar-refractivity contribution in [2.75, 3.05) is 0 Å². The maximum absolute atomic E-state index is 12.4. The van der Waals surface area contributed by atoms with Gasteiger partial charge in [0.05, 0.1) is 18.2 Å². The molecule has 0 unspecified atom stereocenters. The number of phenolic OH excluding ortho intramolecular Hbond substituents is 1. The van der Waals surface area contributed by atoms with Crippen LogP contribution in [-0.2, 0) is 17.4 Å². The van der Waals surface area contributed by atoms with Gasteiger partial charge >= 0.3 is 6.18 Å². The van der Waals surface area contributed by atoms with Gasteiger partial charge in [0.15, 0.2) is 0 Å². The van der Waals surface area contributed by atoms with Crippen LogP contribution in [0.2, 0.25) is 0 Å². The van der Waals surface area contributed by atoms with Gasteiger partial charge in [-0.25, -0.2) is 5.43 Å². The average molecular weight is 322 g/mol. The zero-order valence-electron chi connectivity index (χ0n) is 11.8. The summed E-state index contributed by atoms with van der Waals surface area (Å²) in [6, 6.07) is 10.6. The molecule has 2 aromatic carbocycles. The quantitative estimate of drug-likeness (QED) is 0.671. The Morgan fingerprint density at radius 1 is 1.17 bits per heavy atom. The maximum Gasteiger partial charge on any atom is 0.416 e. The molecule has 0 saturated heterocycles. The molecule has 7 heteroatoms. The van der Waals surface area contributed by atoms with Gasteiger partial charge in [-0.1, -0.05) is 24.3 Å². The van der Waals surface area contributed by atoms with Crippen LogP contribution in [0.15, 0.2) is 53.6 Å². The zero-order valence-corrected chi connectivity index (χ0v) is 11.8. The first-order valence-corrected chi connectivity index (χ1v) is 6.61. The van der Waals surface area contributed by atoms with Gasteiger partial charge < -0.3 is 5.11 Å². The van der Waals surface area contributed by atoms with Gasteiger partial charge in [0.25, 0.3) is 0 Å². The molecule has 0 saturated carbocycles. The molecule has 120 valence electrons. The van der Waals surface area contributed by atoms with Crippen LogP contribution in [0, 0.1) is 0 Å². The van der Waals surface area contributed by atoms with Crippen molar-refractivity contribution in [1.82, 2.24) is 5.43 Å². The van der Waals surface area contributed by atoms with Crippen LogP contribution in [0.5, 0.6) is 5.75 Å². The van der Waals surface area contributed by atoms with Gasteiger partial charge in [-0.05, 0) is 35.4 Å². The monoisotopic (exact) mass is 322 g/mol. The minimum absolute atomic E-state index is 0.0265. The SMILES string of the molecule is O=C(Cc1cccc(O)c1)N/N=C/c1ccc(C(F)(F)F)cc1. The third-order valence-electron chi connectivity index (χ3n) is 2.92. The Hall–Kier alpha value is -2.83. The van der Waals surface area contributed by atoms with Crippen molar-refractivity contribution in [2.45, 2.75) is 12.6 Å². The van der Waals surface area contributed by atoms with E-state index in [1.807, 2.05) is 0 Å². The van der Waals surface area contributed by atoms with E-state index in [1.165, 1.54) is 30.5 Å². The predicted molar refractivity (Wildman–Crippen MR) is 79.0 cm³/mol. The topological polar surface area (TPSA) is 61.7 Å². The lowest BCUT2D eigenvalue weighted by molar-refractivity contribution is -0.137. The number of hydrogen-bond acceptors (Lipinski definition) is 3. The third kappa shape index (κ3) is 5.14. The van der Waals surface area contributed by atoms with Crippen molar-refractivity contribution < 1.29 is 23.1 Å². The van der Waals surface area contributed by atoms with E-state index in [2.05, 4.69) is 10.5 Å². The van der Waals surface area contributed by atoms with E-state index < -0.39 is 17.6 Å². The Labute approximate surface area is 130 Å². The molecule has 0 fully saturated rings. The highest BCUT2D eigenvalue weighted by Gasteiger charge is 2.29. The second-order valence-electron chi connectivity index (χ2n) is 4.76. The number of nitrogens with zero attached hydrogens (tertiary/aromatic N) is 1. The lowest BCUT2D eigenvalue weighted by Gasteiger charge is -2.05. The van der Waals surface area contributed by atoms with Crippen LogP contribution in [0.25, 0.3) is 0 Å². The van der Waals surface area contributed by atoms with E-state index >= 15 is 0 Å². The van der Waals surface area contributed by atoms with E-state index in [4.69, 9.17) is 0 Å². The number of carbonyl (C=O) groups excluding carboxylic acids is 1. The molecular formula is C16H13F3N2O2. The number of phenols is 1. The number of halogens is 3. The number of hydrazone groups is 1. The highest BCUT2D eigenvalue weighted by molar-refractivity contribution is 5.83. The van der Waals surface area contributed by atoms with Crippen LogP contribution in [0.4, 0.5) is 13.2 Å². The number of amides is 1. The number of rotatable bonds is 4. The number of aromatic hydroxyl groups is 1. The minimum Gasteiger partial charge on any atom is -0.508 e. The number of benzene rings is 2. The first-order chi connectivity index (χ1) is 10.8. The van der Waals surface area contributed by atoms with E-state index in [-0.39, 0.29) is 12.2 Å². The molecule has 0 aliphatic carbocycles. The summed E-state index contributed by atoms with van der Waals surface area (Å²) in [7, 11) is 0. The van der Waals surface area contributed by atoms with Gasteiger partial charge in [-0.15, -0.1) is 0 Å². The highest BCUT2D eigenvalue weighted by Crippen LogP contribution is 2.28. The van der Waals surface area contributed by atoms with Crippen molar-refractivity contribution in [2.24, 2.45) is 5.10 Å². The van der Waals surface area contributed by atoms with Crippen molar-refractivity contribution in [3.63, 3.8) is 0 Å². The third-order valence-corrected chi connectivity index (χ3v) is 2.92. The predicted octanol–water partition coefficient (Wildman–Crippen LogP) is 3.10. The molecule has 0 aliphatic heterocycles. The highest BCUT2D eigenvalue weighted by atomic mass is 19.4. The number of nitrogens with one attached hydrogen (secondary N) is 1. The Bertz CT molecular complexity index is 710. The lowest BCUT2D eigenvalue weighted by atomic mass is 10.1. The first kappa shape index (κ1) is 16.5. The molecule has 4 nitrogen and oxygen atoms in total. The summed E-state index contributed by atoms with van der Waals surface area (Å²) in [5.41, 5.74) is 2.57. The molecule has 0 bridgehead atoms. The van der Waals surface area contributed by atoms with E-state index in [0.29, 0.717) is 11.1 Å². The summed E-state index contributed by atoms with van der Waals surface area (Å²) < 4.78 is 37.2. The van der Waals surface area contributed by atoms with Crippen molar-refractivity contribution in [3.05, 3.63) is 65.2 Å². The van der Waals surface area contributed by atoms with Crippen LogP contribution >= 0.6 is 0 Å². The fraction of sp³-hybridized carbons (Fsp3) is 0.125. The molecular weight excluding hydrogens is 309 g/mol. The Kier molecular flexibility index (Phi) is 5.00. The van der Waals surface area contributed by atoms with Gasteiger partial charge in [0.1, 0.15) is 5.75 Å². The van der Waals surface area contributed by atoms with Crippen LogP contribution in [0.1, 0.15) is 16.7 Å². The summed E-state index contributed by atoms with van der Waals surface area (Å²) in [6.07, 6.45) is -3.11. The summed E-state index contributed by atoms with van der Waals surface area (Å²) in [6.45, 7) is 0. The molecule has 2 rings (SSSR count). The Morgan fingerprint density at radius 3 is 2.48 bits per heavy atom. The van der Waals surface area contributed by atoms with Crippen molar-refractivity contribution in [3.8, 4) is 5.75 Å². The zero-order chi connectivity index (χ0) is 16.9. The van der Waals surface area contributed by atoms with Crippen LogP contribution < -0.4 is 5.43 Å². The maximum atomic E-state index is 12.4.